The van der Waals surface area contributed by atoms with Crippen molar-refractivity contribution < 1.29 is 9.21 Å². The van der Waals surface area contributed by atoms with E-state index in [1.165, 1.54) is 6.39 Å². The minimum Gasteiger partial charge on any atom is -0.447 e. The Bertz CT molecular complexity index is 646. The fourth-order valence-corrected chi connectivity index (χ4v) is 2.43. The summed E-state index contributed by atoms with van der Waals surface area (Å²) in [6.07, 6.45) is 6.00. The molecule has 2 heterocycles. The van der Waals surface area contributed by atoms with E-state index in [1.54, 1.807) is 6.20 Å². The Balaban J connectivity index is 1.64. The number of nitrogens with zero attached hydrogens (tertiary/aromatic N) is 2. The van der Waals surface area contributed by atoms with Crippen LogP contribution in [0.15, 0.2) is 29.1 Å². The van der Waals surface area contributed by atoms with E-state index in [9.17, 15) is 4.79 Å². The number of aromatic nitrogens is 2. The number of hydrogen-bond acceptors (Lipinski definition) is 4. The molecule has 0 saturated heterocycles. The van der Waals surface area contributed by atoms with Crippen LogP contribution in [-0.4, -0.2) is 21.9 Å². The number of carbonyl (C=O) groups is 1. The first-order valence-corrected chi connectivity index (χ1v) is 7.30. The molecule has 5 nitrogen and oxygen atoms in total. The summed E-state index contributed by atoms with van der Waals surface area (Å²) in [5.74, 6) is 0.946. The maximum atomic E-state index is 12.3. The van der Waals surface area contributed by atoms with Crippen molar-refractivity contribution in [2.45, 2.75) is 45.1 Å². The van der Waals surface area contributed by atoms with E-state index >= 15 is 0 Å². The normalized spacial score (nSPS) is 15.7. The van der Waals surface area contributed by atoms with E-state index in [-0.39, 0.29) is 11.9 Å². The molecule has 1 saturated carbocycles. The number of amides is 1. The number of rotatable bonds is 5. The molecule has 2 aromatic rings. The van der Waals surface area contributed by atoms with Gasteiger partial charge < -0.3 is 9.73 Å². The van der Waals surface area contributed by atoms with Crippen molar-refractivity contribution in [3.63, 3.8) is 0 Å². The third-order valence-corrected chi connectivity index (χ3v) is 3.75. The zero-order valence-electron chi connectivity index (χ0n) is 12.3. The Morgan fingerprint density at radius 3 is 3.00 bits per heavy atom. The lowest BCUT2D eigenvalue weighted by Gasteiger charge is -2.14. The van der Waals surface area contributed by atoms with Crippen LogP contribution >= 0.6 is 0 Å². The van der Waals surface area contributed by atoms with Gasteiger partial charge >= 0.3 is 0 Å². The quantitative estimate of drug-likeness (QED) is 0.917. The van der Waals surface area contributed by atoms with E-state index in [4.69, 9.17) is 4.42 Å². The fourth-order valence-electron chi connectivity index (χ4n) is 2.43. The molecule has 0 radical (unpaired) electrons. The maximum Gasteiger partial charge on any atom is 0.273 e. The fraction of sp³-hybridized carbons (Fsp3) is 0.438. The van der Waals surface area contributed by atoms with Crippen molar-refractivity contribution in [3.8, 4) is 0 Å². The molecule has 1 aliphatic rings. The van der Waals surface area contributed by atoms with Gasteiger partial charge in [0.25, 0.3) is 5.91 Å². The Hall–Kier alpha value is -2.17. The SMILES string of the molecule is Cc1cccnc1C[C@H](C)NC(=O)c1ncoc1C1CC1. The molecule has 110 valence electrons. The number of carbonyl (C=O) groups excluding carboxylic acids is 1. The van der Waals surface area contributed by atoms with E-state index in [0.717, 1.165) is 29.9 Å². The minimum atomic E-state index is -0.160. The number of pyridine rings is 1. The van der Waals surface area contributed by atoms with Gasteiger partial charge in [0.1, 0.15) is 5.76 Å². The van der Waals surface area contributed by atoms with Crippen LogP contribution in [0.5, 0.6) is 0 Å². The van der Waals surface area contributed by atoms with Gasteiger partial charge in [-0.1, -0.05) is 6.07 Å². The Labute approximate surface area is 123 Å². The summed E-state index contributed by atoms with van der Waals surface area (Å²) >= 11 is 0. The lowest BCUT2D eigenvalue weighted by atomic mass is 10.1. The highest BCUT2D eigenvalue weighted by atomic mass is 16.3. The second-order valence-electron chi connectivity index (χ2n) is 5.69. The molecule has 0 unspecified atom stereocenters. The first-order chi connectivity index (χ1) is 10.1. The Morgan fingerprint density at radius 2 is 2.29 bits per heavy atom. The molecule has 0 aliphatic heterocycles. The summed E-state index contributed by atoms with van der Waals surface area (Å²) in [5, 5.41) is 2.98. The largest absolute Gasteiger partial charge is 0.447 e. The van der Waals surface area contributed by atoms with Crippen molar-refractivity contribution in [3.05, 3.63) is 47.4 Å². The molecular weight excluding hydrogens is 266 g/mol. The molecule has 1 fully saturated rings. The van der Waals surface area contributed by atoms with Gasteiger partial charge in [-0.3, -0.25) is 9.78 Å². The smallest absolute Gasteiger partial charge is 0.273 e. The summed E-state index contributed by atoms with van der Waals surface area (Å²) in [4.78, 5) is 20.7. The van der Waals surface area contributed by atoms with Crippen LogP contribution in [0.2, 0.25) is 0 Å². The summed E-state index contributed by atoms with van der Waals surface area (Å²) in [6, 6.07) is 3.94. The molecular formula is C16H19N3O2. The molecule has 0 spiro atoms. The minimum absolute atomic E-state index is 0.00477. The summed E-state index contributed by atoms with van der Waals surface area (Å²) in [6.45, 7) is 4.00. The van der Waals surface area contributed by atoms with Crippen molar-refractivity contribution in [1.29, 1.82) is 0 Å². The molecule has 0 bridgehead atoms. The van der Waals surface area contributed by atoms with Gasteiger partial charge in [0, 0.05) is 30.3 Å². The highest BCUT2D eigenvalue weighted by Crippen LogP contribution is 2.41. The van der Waals surface area contributed by atoms with Crippen LogP contribution in [0.3, 0.4) is 0 Å². The van der Waals surface area contributed by atoms with Gasteiger partial charge in [-0.15, -0.1) is 0 Å². The molecule has 21 heavy (non-hydrogen) atoms. The highest BCUT2D eigenvalue weighted by molar-refractivity contribution is 5.93. The first kappa shape index (κ1) is 13.8. The molecule has 0 aromatic carbocycles. The summed E-state index contributed by atoms with van der Waals surface area (Å²) < 4.78 is 5.34. The highest BCUT2D eigenvalue weighted by Gasteiger charge is 2.32. The van der Waals surface area contributed by atoms with Crippen LogP contribution in [-0.2, 0) is 6.42 Å². The first-order valence-electron chi connectivity index (χ1n) is 7.30. The number of nitrogens with one attached hydrogen (secondary N) is 1. The number of oxazole rings is 1. The summed E-state index contributed by atoms with van der Waals surface area (Å²) in [7, 11) is 0. The third-order valence-electron chi connectivity index (χ3n) is 3.75. The van der Waals surface area contributed by atoms with Crippen LogP contribution in [0, 0.1) is 6.92 Å². The van der Waals surface area contributed by atoms with Crippen molar-refractivity contribution >= 4 is 5.91 Å². The third kappa shape index (κ3) is 3.12. The number of hydrogen-bond donors (Lipinski definition) is 1. The van der Waals surface area contributed by atoms with Crippen molar-refractivity contribution in [2.24, 2.45) is 0 Å². The van der Waals surface area contributed by atoms with Crippen LogP contribution in [0.4, 0.5) is 0 Å². The topological polar surface area (TPSA) is 68.0 Å². The number of aryl methyl sites for hydroxylation is 1. The molecule has 1 N–H and O–H groups in total. The van der Waals surface area contributed by atoms with Crippen LogP contribution < -0.4 is 5.32 Å². The van der Waals surface area contributed by atoms with E-state index in [1.807, 2.05) is 26.0 Å². The van der Waals surface area contributed by atoms with Gasteiger partial charge in [0.15, 0.2) is 12.1 Å². The van der Waals surface area contributed by atoms with Crippen LogP contribution in [0.1, 0.15) is 53.2 Å². The Kier molecular flexibility index (Phi) is 3.73. The molecule has 2 aromatic heterocycles. The van der Waals surface area contributed by atoms with Gasteiger partial charge in [0.2, 0.25) is 0 Å². The zero-order valence-corrected chi connectivity index (χ0v) is 12.3. The molecule has 5 heteroatoms. The van der Waals surface area contributed by atoms with E-state index in [2.05, 4.69) is 15.3 Å². The summed E-state index contributed by atoms with van der Waals surface area (Å²) in [5.41, 5.74) is 2.58. The monoisotopic (exact) mass is 285 g/mol. The lowest BCUT2D eigenvalue weighted by Crippen LogP contribution is -2.35. The molecule has 1 amide bonds. The predicted octanol–water partition coefficient (Wildman–Crippen LogP) is 2.62. The van der Waals surface area contributed by atoms with Crippen molar-refractivity contribution in [1.82, 2.24) is 15.3 Å². The second kappa shape index (κ2) is 5.68. The van der Waals surface area contributed by atoms with Crippen molar-refractivity contribution in [2.75, 3.05) is 0 Å². The van der Waals surface area contributed by atoms with Gasteiger partial charge in [-0.25, -0.2) is 4.98 Å². The van der Waals surface area contributed by atoms with Crippen LogP contribution in [0.25, 0.3) is 0 Å². The van der Waals surface area contributed by atoms with Gasteiger partial charge in [-0.05, 0) is 38.3 Å². The standard InChI is InChI=1S/C16H19N3O2/c1-10-4-3-7-17-13(10)8-11(2)19-16(20)14-15(12-5-6-12)21-9-18-14/h3-4,7,9,11-12H,5-6,8H2,1-2H3,(H,19,20)/t11-/m0/s1. The lowest BCUT2D eigenvalue weighted by molar-refractivity contribution is 0.0933. The Morgan fingerprint density at radius 1 is 1.48 bits per heavy atom. The second-order valence-corrected chi connectivity index (χ2v) is 5.69. The average molecular weight is 285 g/mol. The average Bonchev–Trinajstić information content (AvgIpc) is 3.18. The zero-order chi connectivity index (χ0) is 14.8. The molecule has 1 atom stereocenters. The van der Waals surface area contributed by atoms with Gasteiger partial charge in [-0.2, -0.15) is 0 Å². The van der Waals surface area contributed by atoms with E-state index in [0.29, 0.717) is 18.0 Å². The maximum absolute atomic E-state index is 12.3. The molecule has 3 rings (SSSR count). The van der Waals surface area contributed by atoms with E-state index < -0.39 is 0 Å². The molecule has 1 aliphatic carbocycles. The predicted molar refractivity (Wildman–Crippen MR) is 78.1 cm³/mol. The van der Waals surface area contributed by atoms with Gasteiger partial charge in [0.05, 0.1) is 0 Å².